The van der Waals surface area contributed by atoms with E-state index in [4.69, 9.17) is 18.9 Å². The number of benzene rings is 2. The zero-order chi connectivity index (χ0) is 24.1. The van der Waals surface area contributed by atoms with Crippen LogP contribution in [-0.2, 0) is 4.79 Å². The zero-order valence-electron chi connectivity index (χ0n) is 20.0. The number of ether oxygens (including phenoxy) is 4. The van der Waals surface area contributed by atoms with Crippen molar-refractivity contribution in [1.82, 2.24) is 10.2 Å². The van der Waals surface area contributed by atoms with Gasteiger partial charge in [-0.2, -0.15) is 0 Å². The molecular weight excluding hydrogens is 424 g/mol. The monoisotopic (exact) mass is 456 g/mol. The molecule has 0 aliphatic carbocycles. The molecule has 0 radical (unpaired) electrons. The van der Waals surface area contributed by atoms with Crippen LogP contribution in [0.2, 0.25) is 0 Å². The third-order valence-corrected chi connectivity index (χ3v) is 5.81. The fourth-order valence-corrected chi connectivity index (χ4v) is 4.22. The number of nitrogens with zero attached hydrogens (tertiary/aromatic N) is 1. The fourth-order valence-electron chi connectivity index (χ4n) is 4.22. The van der Waals surface area contributed by atoms with Crippen molar-refractivity contribution in [3.63, 3.8) is 0 Å². The first-order valence-electron chi connectivity index (χ1n) is 10.9. The van der Waals surface area contributed by atoms with Gasteiger partial charge in [0.15, 0.2) is 11.5 Å². The lowest BCUT2D eigenvalue weighted by Crippen LogP contribution is -2.39. The van der Waals surface area contributed by atoms with Gasteiger partial charge in [-0.1, -0.05) is 6.07 Å². The number of nitrogens with one attached hydrogen (secondary N) is 1. The molecule has 0 saturated carbocycles. The second-order valence-electron chi connectivity index (χ2n) is 8.28. The lowest BCUT2D eigenvalue weighted by atomic mass is 9.87. The molecule has 0 aromatic heterocycles. The van der Waals surface area contributed by atoms with Gasteiger partial charge in [0.25, 0.3) is 5.91 Å². The third-order valence-electron chi connectivity index (χ3n) is 5.81. The van der Waals surface area contributed by atoms with E-state index >= 15 is 0 Å². The summed E-state index contributed by atoms with van der Waals surface area (Å²) in [5.41, 5.74) is 1.36. The molecule has 1 aliphatic heterocycles. The van der Waals surface area contributed by atoms with E-state index in [9.17, 15) is 9.59 Å². The van der Waals surface area contributed by atoms with Gasteiger partial charge >= 0.3 is 0 Å². The summed E-state index contributed by atoms with van der Waals surface area (Å²) >= 11 is 0. The van der Waals surface area contributed by atoms with E-state index in [0.29, 0.717) is 41.7 Å². The van der Waals surface area contributed by atoms with E-state index in [1.165, 1.54) is 0 Å². The molecule has 178 valence electrons. The summed E-state index contributed by atoms with van der Waals surface area (Å²) in [6, 6.07) is 10.7. The minimum atomic E-state index is -0.426. The summed E-state index contributed by atoms with van der Waals surface area (Å²) in [5.74, 6) is 1.19. The molecule has 2 aromatic carbocycles. The predicted octanol–water partition coefficient (Wildman–Crippen LogP) is 3.10. The topological polar surface area (TPSA) is 86.3 Å². The molecule has 8 nitrogen and oxygen atoms in total. The number of hydrogen-bond acceptors (Lipinski definition) is 6. The van der Waals surface area contributed by atoms with Crippen molar-refractivity contribution in [2.45, 2.75) is 25.8 Å². The molecule has 1 heterocycles. The van der Waals surface area contributed by atoms with Gasteiger partial charge in [0.1, 0.15) is 5.75 Å². The van der Waals surface area contributed by atoms with Crippen LogP contribution in [0.1, 0.15) is 35.7 Å². The van der Waals surface area contributed by atoms with Crippen LogP contribution in [0.5, 0.6) is 23.0 Å². The Morgan fingerprint density at radius 1 is 0.939 bits per heavy atom. The molecule has 1 N–H and O–H groups in total. The van der Waals surface area contributed by atoms with Crippen LogP contribution in [0.15, 0.2) is 36.4 Å². The van der Waals surface area contributed by atoms with Crippen molar-refractivity contribution in [3.05, 3.63) is 47.5 Å². The van der Waals surface area contributed by atoms with Crippen molar-refractivity contribution >= 4 is 11.8 Å². The van der Waals surface area contributed by atoms with Crippen LogP contribution in [0.3, 0.4) is 0 Å². The van der Waals surface area contributed by atoms with E-state index in [1.807, 2.05) is 26.0 Å². The summed E-state index contributed by atoms with van der Waals surface area (Å²) < 4.78 is 21.7. The fraction of sp³-hybridized carbons (Fsp3) is 0.440. The van der Waals surface area contributed by atoms with Crippen molar-refractivity contribution in [3.8, 4) is 23.0 Å². The molecule has 33 heavy (non-hydrogen) atoms. The molecule has 0 bridgehead atoms. The highest BCUT2D eigenvalue weighted by molar-refractivity contribution is 5.95. The maximum absolute atomic E-state index is 13.3. The Labute approximate surface area is 194 Å². The normalized spacial score (nSPS) is 17.6. The van der Waals surface area contributed by atoms with Crippen molar-refractivity contribution in [2.75, 3.05) is 41.5 Å². The Kier molecular flexibility index (Phi) is 7.68. The maximum Gasteiger partial charge on any atom is 0.254 e. The minimum Gasteiger partial charge on any atom is -0.497 e. The Morgan fingerprint density at radius 2 is 1.61 bits per heavy atom. The molecule has 0 unspecified atom stereocenters. The lowest BCUT2D eigenvalue weighted by molar-refractivity contribution is -0.125. The van der Waals surface area contributed by atoms with Gasteiger partial charge in [-0.05, 0) is 49.7 Å². The Morgan fingerprint density at radius 3 is 2.15 bits per heavy atom. The number of amides is 2. The van der Waals surface area contributed by atoms with Gasteiger partial charge in [0.05, 0.1) is 34.4 Å². The van der Waals surface area contributed by atoms with E-state index < -0.39 is 5.92 Å². The maximum atomic E-state index is 13.3. The van der Waals surface area contributed by atoms with Crippen LogP contribution < -0.4 is 24.3 Å². The van der Waals surface area contributed by atoms with Gasteiger partial charge in [-0.15, -0.1) is 0 Å². The summed E-state index contributed by atoms with van der Waals surface area (Å²) in [6.07, 6.45) is 0. The van der Waals surface area contributed by atoms with Crippen LogP contribution >= 0.6 is 0 Å². The second-order valence-corrected chi connectivity index (χ2v) is 8.28. The van der Waals surface area contributed by atoms with E-state index in [-0.39, 0.29) is 23.8 Å². The summed E-state index contributed by atoms with van der Waals surface area (Å²) in [4.78, 5) is 28.1. The highest BCUT2D eigenvalue weighted by Gasteiger charge is 2.41. The van der Waals surface area contributed by atoms with E-state index in [1.54, 1.807) is 57.6 Å². The minimum absolute atomic E-state index is 0.0128. The first-order chi connectivity index (χ1) is 15.8. The molecule has 2 amide bonds. The van der Waals surface area contributed by atoms with Crippen molar-refractivity contribution < 1.29 is 28.5 Å². The summed E-state index contributed by atoms with van der Waals surface area (Å²) in [7, 11) is 6.21. The molecule has 2 atom stereocenters. The first-order valence-corrected chi connectivity index (χ1v) is 10.9. The summed E-state index contributed by atoms with van der Waals surface area (Å²) in [6.45, 7) is 4.52. The zero-order valence-corrected chi connectivity index (χ0v) is 20.0. The Bertz CT molecular complexity index is 981. The highest BCUT2D eigenvalue weighted by Crippen LogP contribution is 2.43. The van der Waals surface area contributed by atoms with Gasteiger partial charge in [-0.3, -0.25) is 9.59 Å². The molecule has 2 aromatic rings. The number of hydrogen-bond donors (Lipinski definition) is 1. The van der Waals surface area contributed by atoms with Crippen LogP contribution in [0, 0.1) is 5.92 Å². The highest BCUT2D eigenvalue weighted by atomic mass is 16.5. The molecule has 1 saturated heterocycles. The average molecular weight is 457 g/mol. The largest absolute Gasteiger partial charge is 0.497 e. The summed E-state index contributed by atoms with van der Waals surface area (Å²) in [5, 5.41) is 3.00. The standard InChI is InChI=1S/C25H32N2O6/c1-15(2)26-24(28)20-14-27(25(29)16-8-7-9-18(10-16)30-3)13-19(20)17-11-21(31-4)23(33-6)22(12-17)32-5/h7-12,15,19-20H,13-14H2,1-6H3,(H,26,28)/t19-,20+/m1/s1. The molecule has 1 aliphatic rings. The van der Waals surface area contributed by atoms with Gasteiger partial charge in [-0.25, -0.2) is 0 Å². The number of carbonyl (C=O) groups excluding carboxylic acids is 2. The van der Waals surface area contributed by atoms with E-state index in [0.717, 1.165) is 5.56 Å². The number of likely N-dealkylation sites (tertiary alicyclic amines) is 1. The van der Waals surface area contributed by atoms with Crippen molar-refractivity contribution in [1.29, 1.82) is 0 Å². The molecule has 0 spiro atoms. The number of rotatable bonds is 8. The Hall–Kier alpha value is -3.42. The molecule has 8 heteroatoms. The first kappa shape index (κ1) is 24.2. The quantitative estimate of drug-likeness (QED) is 0.657. The second kappa shape index (κ2) is 10.5. The number of methoxy groups -OCH3 is 4. The number of carbonyl (C=O) groups is 2. The Balaban J connectivity index is 1.99. The molecule has 3 rings (SSSR count). The lowest BCUT2D eigenvalue weighted by Gasteiger charge is -2.21. The smallest absolute Gasteiger partial charge is 0.254 e. The van der Waals surface area contributed by atoms with Crippen molar-refractivity contribution in [2.24, 2.45) is 5.92 Å². The SMILES string of the molecule is COc1cccc(C(=O)N2C[C@H](C(=O)NC(C)C)[C@@H](c3cc(OC)c(OC)c(OC)c3)C2)c1. The third kappa shape index (κ3) is 5.16. The van der Waals surface area contributed by atoms with Gasteiger partial charge in [0, 0.05) is 30.6 Å². The molecular formula is C25H32N2O6. The van der Waals surface area contributed by atoms with E-state index in [2.05, 4.69) is 5.32 Å². The average Bonchev–Trinajstić information content (AvgIpc) is 3.27. The predicted molar refractivity (Wildman–Crippen MR) is 125 cm³/mol. The van der Waals surface area contributed by atoms with Gasteiger partial charge < -0.3 is 29.2 Å². The van der Waals surface area contributed by atoms with Crippen LogP contribution in [-0.4, -0.2) is 64.3 Å². The van der Waals surface area contributed by atoms with Crippen LogP contribution in [0.25, 0.3) is 0 Å². The van der Waals surface area contributed by atoms with Gasteiger partial charge in [0.2, 0.25) is 11.7 Å². The molecule has 1 fully saturated rings. The van der Waals surface area contributed by atoms with Crippen LogP contribution in [0.4, 0.5) is 0 Å².